The third kappa shape index (κ3) is 4.91. The highest BCUT2D eigenvalue weighted by atomic mass is 35.5. The van der Waals surface area contributed by atoms with E-state index in [0.717, 1.165) is 12.0 Å². The highest BCUT2D eigenvalue weighted by molar-refractivity contribution is 6.33. The van der Waals surface area contributed by atoms with Gasteiger partial charge in [-0.25, -0.2) is 9.59 Å². The molecule has 22 heavy (non-hydrogen) atoms. The fourth-order valence-corrected chi connectivity index (χ4v) is 2.13. The molecule has 1 unspecified atom stereocenters. The number of benzene rings is 1. The van der Waals surface area contributed by atoms with Crippen LogP contribution in [0, 0.1) is 0 Å². The van der Waals surface area contributed by atoms with Crippen LogP contribution in [0.2, 0.25) is 5.02 Å². The van der Waals surface area contributed by atoms with Gasteiger partial charge in [-0.1, -0.05) is 30.7 Å². The number of anilines is 1. The summed E-state index contributed by atoms with van der Waals surface area (Å²) >= 11 is 6.17. The van der Waals surface area contributed by atoms with Crippen LogP contribution in [0.4, 0.5) is 5.69 Å². The van der Waals surface area contributed by atoms with Gasteiger partial charge in [0.25, 0.3) is 0 Å². The minimum atomic E-state index is -0.936. The van der Waals surface area contributed by atoms with Gasteiger partial charge in [-0.3, -0.25) is 0 Å². The maximum atomic E-state index is 12.0. The van der Waals surface area contributed by atoms with E-state index in [0.29, 0.717) is 10.7 Å². The molecular weight excluding hydrogens is 306 g/mol. The minimum Gasteiger partial charge on any atom is -0.463 e. The van der Waals surface area contributed by atoms with Crippen LogP contribution in [0.1, 0.15) is 33.3 Å². The Labute approximate surface area is 135 Å². The number of para-hydroxylation sites is 1. The molecule has 2 atom stereocenters. The number of esters is 2. The zero-order valence-electron chi connectivity index (χ0n) is 13.3. The number of aryl methyl sites for hydroxylation is 1. The van der Waals surface area contributed by atoms with Crippen molar-refractivity contribution < 1.29 is 19.1 Å². The van der Waals surface area contributed by atoms with E-state index in [2.05, 4.69) is 5.32 Å². The Morgan fingerprint density at radius 3 is 2.50 bits per heavy atom. The van der Waals surface area contributed by atoms with Crippen molar-refractivity contribution in [2.75, 3.05) is 11.9 Å². The van der Waals surface area contributed by atoms with Gasteiger partial charge in [-0.15, -0.1) is 0 Å². The second-order valence-electron chi connectivity index (χ2n) is 4.82. The Hall–Kier alpha value is -1.75. The maximum absolute atomic E-state index is 12.0. The standard InChI is InChI=1S/C16H22ClNO4/c1-5-12-8-7-9-13(17)14(12)18-10(3)15(19)22-11(4)16(20)21-6-2/h7-11,18H,5-6H2,1-4H3/t10-,11?/m0/s1. The topological polar surface area (TPSA) is 64.6 Å². The Balaban J connectivity index is 2.71. The molecule has 0 aliphatic carbocycles. The Morgan fingerprint density at radius 1 is 1.23 bits per heavy atom. The SMILES string of the molecule is CCOC(=O)C(C)OC(=O)[C@H](C)Nc1c(Cl)cccc1CC. The van der Waals surface area contributed by atoms with Crippen molar-refractivity contribution in [2.24, 2.45) is 0 Å². The van der Waals surface area contributed by atoms with E-state index in [-0.39, 0.29) is 6.61 Å². The third-order valence-corrected chi connectivity index (χ3v) is 3.42. The molecule has 0 heterocycles. The molecule has 1 rings (SSSR count). The van der Waals surface area contributed by atoms with Crippen LogP contribution in [0.25, 0.3) is 0 Å². The molecule has 0 radical (unpaired) electrons. The number of halogens is 1. The number of nitrogens with one attached hydrogen (secondary N) is 1. The molecule has 0 aromatic heterocycles. The number of ether oxygens (including phenoxy) is 2. The summed E-state index contributed by atoms with van der Waals surface area (Å²) in [6.45, 7) is 7.08. The second-order valence-corrected chi connectivity index (χ2v) is 5.23. The summed E-state index contributed by atoms with van der Waals surface area (Å²) in [6, 6.07) is 4.91. The summed E-state index contributed by atoms with van der Waals surface area (Å²) in [5.74, 6) is -1.10. The van der Waals surface area contributed by atoms with Crippen molar-refractivity contribution in [1.29, 1.82) is 0 Å². The molecule has 6 heteroatoms. The van der Waals surface area contributed by atoms with Gasteiger partial charge >= 0.3 is 11.9 Å². The number of carbonyl (C=O) groups excluding carboxylic acids is 2. The first kappa shape index (κ1) is 18.3. The van der Waals surface area contributed by atoms with Gasteiger partial charge in [0.15, 0.2) is 6.10 Å². The lowest BCUT2D eigenvalue weighted by Gasteiger charge is -2.19. The predicted octanol–water partition coefficient (Wildman–Crippen LogP) is 3.20. The molecule has 0 saturated heterocycles. The van der Waals surface area contributed by atoms with E-state index in [1.807, 2.05) is 19.1 Å². The summed E-state index contributed by atoms with van der Waals surface area (Å²) in [5, 5.41) is 3.59. The molecule has 0 bridgehead atoms. The molecule has 0 amide bonds. The molecule has 1 aromatic carbocycles. The lowest BCUT2D eigenvalue weighted by atomic mass is 10.1. The highest BCUT2D eigenvalue weighted by Crippen LogP contribution is 2.27. The zero-order valence-corrected chi connectivity index (χ0v) is 14.1. The van der Waals surface area contributed by atoms with Crippen LogP contribution in [-0.2, 0) is 25.5 Å². The molecule has 0 fully saturated rings. The summed E-state index contributed by atoms with van der Waals surface area (Å²) < 4.78 is 9.89. The summed E-state index contributed by atoms with van der Waals surface area (Å²) in [5.41, 5.74) is 1.71. The van der Waals surface area contributed by atoms with Crippen molar-refractivity contribution in [3.63, 3.8) is 0 Å². The predicted molar refractivity (Wildman–Crippen MR) is 86.1 cm³/mol. The van der Waals surface area contributed by atoms with Gasteiger partial charge in [-0.05, 0) is 38.8 Å². The van der Waals surface area contributed by atoms with Gasteiger partial charge in [-0.2, -0.15) is 0 Å². The molecular formula is C16H22ClNO4. The lowest BCUT2D eigenvalue weighted by Crippen LogP contribution is -2.34. The highest BCUT2D eigenvalue weighted by Gasteiger charge is 2.23. The van der Waals surface area contributed by atoms with Crippen LogP contribution in [-0.4, -0.2) is 30.7 Å². The van der Waals surface area contributed by atoms with Crippen LogP contribution in [0.3, 0.4) is 0 Å². The minimum absolute atomic E-state index is 0.244. The van der Waals surface area contributed by atoms with E-state index >= 15 is 0 Å². The molecule has 0 aliphatic heterocycles. The number of hydrogen-bond acceptors (Lipinski definition) is 5. The number of rotatable bonds is 7. The van der Waals surface area contributed by atoms with E-state index in [1.54, 1.807) is 19.9 Å². The molecule has 0 spiro atoms. The smallest absolute Gasteiger partial charge is 0.347 e. The van der Waals surface area contributed by atoms with Crippen molar-refractivity contribution in [3.8, 4) is 0 Å². The molecule has 1 N–H and O–H groups in total. The normalized spacial score (nSPS) is 13.1. The molecule has 122 valence electrons. The number of carbonyl (C=O) groups is 2. The maximum Gasteiger partial charge on any atom is 0.347 e. The summed E-state index contributed by atoms with van der Waals surface area (Å²) in [7, 11) is 0. The van der Waals surface area contributed by atoms with E-state index < -0.39 is 24.1 Å². The lowest BCUT2D eigenvalue weighted by molar-refractivity contribution is -0.166. The summed E-state index contributed by atoms with van der Waals surface area (Å²) in [4.78, 5) is 23.5. The van der Waals surface area contributed by atoms with E-state index in [9.17, 15) is 9.59 Å². The molecule has 1 aromatic rings. The fraction of sp³-hybridized carbons (Fsp3) is 0.500. The van der Waals surface area contributed by atoms with Gasteiger partial charge in [0.1, 0.15) is 6.04 Å². The van der Waals surface area contributed by atoms with Crippen molar-refractivity contribution in [2.45, 2.75) is 46.3 Å². The van der Waals surface area contributed by atoms with Crippen LogP contribution < -0.4 is 5.32 Å². The van der Waals surface area contributed by atoms with Crippen LogP contribution in [0.15, 0.2) is 18.2 Å². The molecule has 0 saturated carbocycles. The van der Waals surface area contributed by atoms with E-state index in [1.165, 1.54) is 6.92 Å². The molecule has 0 aliphatic rings. The zero-order chi connectivity index (χ0) is 16.7. The average molecular weight is 328 g/mol. The summed E-state index contributed by atoms with van der Waals surface area (Å²) in [6.07, 6.45) is -0.155. The van der Waals surface area contributed by atoms with E-state index in [4.69, 9.17) is 21.1 Å². The van der Waals surface area contributed by atoms with Crippen molar-refractivity contribution in [1.82, 2.24) is 0 Å². The third-order valence-electron chi connectivity index (χ3n) is 3.11. The van der Waals surface area contributed by atoms with Crippen molar-refractivity contribution >= 4 is 29.2 Å². The second kappa shape index (κ2) is 8.63. The first-order valence-corrected chi connectivity index (χ1v) is 7.69. The first-order chi connectivity index (χ1) is 10.4. The van der Waals surface area contributed by atoms with Crippen LogP contribution in [0.5, 0.6) is 0 Å². The fourth-order valence-electron chi connectivity index (χ4n) is 1.88. The quantitative estimate of drug-likeness (QED) is 0.779. The number of hydrogen-bond donors (Lipinski definition) is 1. The Bertz CT molecular complexity index is 533. The van der Waals surface area contributed by atoms with Gasteiger partial charge < -0.3 is 14.8 Å². The molecule has 5 nitrogen and oxygen atoms in total. The first-order valence-electron chi connectivity index (χ1n) is 7.31. The Kier molecular flexibility index (Phi) is 7.18. The van der Waals surface area contributed by atoms with Gasteiger partial charge in [0.2, 0.25) is 0 Å². The Morgan fingerprint density at radius 2 is 1.91 bits per heavy atom. The van der Waals surface area contributed by atoms with Crippen molar-refractivity contribution in [3.05, 3.63) is 28.8 Å². The van der Waals surface area contributed by atoms with Gasteiger partial charge in [0.05, 0.1) is 17.3 Å². The van der Waals surface area contributed by atoms with Gasteiger partial charge in [0, 0.05) is 0 Å². The van der Waals surface area contributed by atoms with Crippen LogP contribution >= 0.6 is 11.6 Å². The largest absolute Gasteiger partial charge is 0.463 e. The monoisotopic (exact) mass is 327 g/mol. The average Bonchev–Trinajstić information content (AvgIpc) is 2.49.